The number of carbonyl (C=O) groups excluding carboxylic acids is 1. The van der Waals surface area contributed by atoms with Crippen LogP contribution >= 0.6 is 12.2 Å². The van der Waals surface area contributed by atoms with Crippen molar-refractivity contribution in [2.24, 2.45) is 0 Å². The Morgan fingerprint density at radius 1 is 1.32 bits per heavy atom. The molecule has 6 heteroatoms. The molecule has 1 N–H and O–H groups in total. The number of hydrogen-bond acceptors (Lipinski definition) is 4. The lowest BCUT2D eigenvalue weighted by atomic mass is 10.1. The number of thiocarbonyl (C=S) groups is 1. The molecule has 1 saturated heterocycles. The van der Waals surface area contributed by atoms with E-state index in [0.29, 0.717) is 22.3 Å². The SMILES string of the molecule is COc1ccc(OC)c(/C=C2/NC(=S)N(C)C2=O)c1. The molecule has 0 aromatic heterocycles. The topological polar surface area (TPSA) is 50.8 Å². The van der Waals surface area contributed by atoms with Crippen LogP contribution in [0.5, 0.6) is 11.5 Å². The van der Waals surface area contributed by atoms with Gasteiger partial charge >= 0.3 is 0 Å². The van der Waals surface area contributed by atoms with Crippen LogP contribution in [0.25, 0.3) is 6.08 Å². The minimum Gasteiger partial charge on any atom is -0.497 e. The highest BCUT2D eigenvalue weighted by molar-refractivity contribution is 7.80. The zero-order valence-electron chi connectivity index (χ0n) is 10.9. The summed E-state index contributed by atoms with van der Waals surface area (Å²) in [6.07, 6.45) is 1.69. The number of nitrogens with zero attached hydrogens (tertiary/aromatic N) is 1. The van der Waals surface area contributed by atoms with Crippen LogP contribution in [-0.2, 0) is 4.79 Å². The van der Waals surface area contributed by atoms with Crippen LogP contribution in [0.4, 0.5) is 0 Å². The Bertz CT molecular complexity index is 569. The Balaban J connectivity index is 2.42. The van der Waals surface area contributed by atoms with Crippen LogP contribution in [-0.4, -0.2) is 37.2 Å². The maximum Gasteiger partial charge on any atom is 0.276 e. The van der Waals surface area contributed by atoms with Crippen molar-refractivity contribution in [2.75, 3.05) is 21.3 Å². The predicted octanol–water partition coefficient (Wildman–Crippen LogP) is 1.39. The van der Waals surface area contributed by atoms with E-state index in [-0.39, 0.29) is 5.91 Å². The molecular weight excluding hydrogens is 264 g/mol. The van der Waals surface area contributed by atoms with Gasteiger partial charge in [-0.1, -0.05) is 0 Å². The van der Waals surface area contributed by atoms with Crippen molar-refractivity contribution in [3.8, 4) is 11.5 Å². The lowest BCUT2D eigenvalue weighted by Crippen LogP contribution is -2.25. The van der Waals surface area contributed by atoms with Gasteiger partial charge in [0.2, 0.25) is 0 Å². The van der Waals surface area contributed by atoms with Gasteiger partial charge in [-0.05, 0) is 36.5 Å². The molecule has 1 fully saturated rings. The summed E-state index contributed by atoms with van der Waals surface area (Å²) >= 11 is 5.02. The van der Waals surface area contributed by atoms with Gasteiger partial charge < -0.3 is 14.8 Å². The fourth-order valence-corrected chi connectivity index (χ4v) is 1.92. The zero-order valence-corrected chi connectivity index (χ0v) is 11.7. The van der Waals surface area contributed by atoms with Gasteiger partial charge in [0.05, 0.1) is 14.2 Å². The number of benzene rings is 1. The molecule has 0 spiro atoms. The predicted molar refractivity (Wildman–Crippen MR) is 76.0 cm³/mol. The van der Waals surface area contributed by atoms with Crippen LogP contribution < -0.4 is 14.8 Å². The summed E-state index contributed by atoms with van der Waals surface area (Å²) in [6, 6.07) is 5.37. The summed E-state index contributed by atoms with van der Waals surface area (Å²) < 4.78 is 10.4. The van der Waals surface area contributed by atoms with E-state index in [0.717, 1.165) is 5.56 Å². The molecule has 1 aliphatic heterocycles. The summed E-state index contributed by atoms with van der Waals surface area (Å²) in [5, 5.41) is 3.25. The molecule has 1 heterocycles. The average molecular weight is 278 g/mol. The van der Waals surface area contributed by atoms with Crippen LogP contribution in [0.3, 0.4) is 0 Å². The smallest absolute Gasteiger partial charge is 0.276 e. The number of likely N-dealkylation sites (N-methyl/N-ethyl adjacent to an activating group) is 1. The van der Waals surface area contributed by atoms with Crippen LogP contribution in [0.1, 0.15) is 5.56 Å². The normalized spacial score (nSPS) is 16.8. The first-order valence-electron chi connectivity index (χ1n) is 5.59. The maximum atomic E-state index is 11.9. The third-order valence-electron chi connectivity index (χ3n) is 2.82. The molecule has 1 aromatic carbocycles. The van der Waals surface area contributed by atoms with E-state index in [1.54, 1.807) is 45.5 Å². The summed E-state index contributed by atoms with van der Waals surface area (Å²) in [5.74, 6) is 1.17. The molecule has 19 heavy (non-hydrogen) atoms. The molecule has 1 aromatic rings. The molecule has 1 amide bonds. The first-order valence-corrected chi connectivity index (χ1v) is 6.00. The van der Waals surface area contributed by atoms with Crippen molar-refractivity contribution >= 4 is 29.3 Å². The van der Waals surface area contributed by atoms with Crippen molar-refractivity contribution in [3.63, 3.8) is 0 Å². The first kappa shape index (κ1) is 13.4. The van der Waals surface area contributed by atoms with Gasteiger partial charge in [0, 0.05) is 12.6 Å². The van der Waals surface area contributed by atoms with E-state index >= 15 is 0 Å². The largest absolute Gasteiger partial charge is 0.497 e. The minimum atomic E-state index is -0.171. The van der Waals surface area contributed by atoms with Crippen LogP contribution in [0, 0.1) is 0 Å². The fourth-order valence-electron chi connectivity index (χ4n) is 1.73. The second kappa shape index (κ2) is 5.27. The minimum absolute atomic E-state index is 0.171. The maximum absolute atomic E-state index is 11.9. The molecule has 0 unspecified atom stereocenters. The van der Waals surface area contributed by atoms with Crippen LogP contribution in [0.2, 0.25) is 0 Å². The van der Waals surface area contributed by atoms with Crippen molar-refractivity contribution in [3.05, 3.63) is 29.5 Å². The van der Waals surface area contributed by atoms with Gasteiger partial charge in [-0.2, -0.15) is 0 Å². The van der Waals surface area contributed by atoms with Gasteiger partial charge in [-0.15, -0.1) is 0 Å². The highest BCUT2D eigenvalue weighted by Crippen LogP contribution is 2.26. The molecular formula is C13H14N2O3S. The summed E-state index contributed by atoms with van der Waals surface area (Å²) in [7, 11) is 4.78. The Morgan fingerprint density at radius 2 is 2.05 bits per heavy atom. The number of nitrogens with one attached hydrogen (secondary N) is 1. The summed E-state index contributed by atoms with van der Waals surface area (Å²) in [5.41, 5.74) is 1.16. The fraction of sp³-hybridized carbons (Fsp3) is 0.231. The number of hydrogen-bond donors (Lipinski definition) is 1. The third-order valence-corrected chi connectivity index (χ3v) is 3.19. The molecule has 0 aliphatic carbocycles. The average Bonchev–Trinajstić information content (AvgIpc) is 2.66. The molecule has 0 radical (unpaired) electrons. The van der Waals surface area contributed by atoms with Gasteiger partial charge in [0.15, 0.2) is 5.11 Å². The van der Waals surface area contributed by atoms with E-state index in [2.05, 4.69) is 5.32 Å². The highest BCUT2D eigenvalue weighted by Gasteiger charge is 2.27. The van der Waals surface area contributed by atoms with Gasteiger partial charge in [-0.3, -0.25) is 9.69 Å². The molecule has 100 valence electrons. The van der Waals surface area contributed by atoms with Crippen molar-refractivity contribution < 1.29 is 14.3 Å². The first-order chi connectivity index (χ1) is 9.06. The molecule has 1 aliphatic rings. The number of rotatable bonds is 3. The monoisotopic (exact) mass is 278 g/mol. The lowest BCUT2D eigenvalue weighted by molar-refractivity contribution is -0.121. The highest BCUT2D eigenvalue weighted by atomic mass is 32.1. The van der Waals surface area contributed by atoms with E-state index in [9.17, 15) is 4.79 Å². The number of carbonyl (C=O) groups is 1. The Hall–Kier alpha value is -2.08. The third kappa shape index (κ3) is 2.53. The summed E-state index contributed by atoms with van der Waals surface area (Å²) in [4.78, 5) is 13.3. The van der Waals surface area contributed by atoms with Gasteiger partial charge in [0.25, 0.3) is 5.91 Å². The second-order valence-electron chi connectivity index (χ2n) is 3.96. The molecule has 0 atom stereocenters. The zero-order chi connectivity index (χ0) is 14.0. The number of amides is 1. The number of ether oxygens (including phenoxy) is 2. The van der Waals surface area contributed by atoms with E-state index < -0.39 is 0 Å². The van der Waals surface area contributed by atoms with Crippen molar-refractivity contribution in [2.45, 2.75) is 0 Å². The van der Waals surface area contributed by atoms with E-state index in [1.807, 2.05) is 0 Å². The molecule has 2 rings (SSSR count). The van der Waals surface area contributed by atoms with Crippen molar-refractivity contribution in [1.82, 2.24) is 10.2 Å². The standard InChI is InChI=1S/C13H14N2O3S/c1-15-12(16)10(14-13(15)19)7-8-6-9(17-2)4-5-11(8)18-3/h4-7H,1-3H3,(H,14,19)/b10-7+. The lowest BCUT2D eigenvalue weighted by Gasteiger charge is -2.07. The summed E-state index contributed by atoms with van der Waals surface area (Å²) in [6.45, 7) is 0. The van der Waals surface area contributed by atoms with Crippen molar-refractivity contribution in [1.29, 1.82) is 0 Å². The molecule has 5 nitrogen and oxygen atoms in total. The Morgan fingerprint density at radius 3 is 2.58 bits per heavy atom. The van der Waals surface area contributed by atoms with Crippen LogP contribution in [0.15, 0.2) is 23.9 Å². The Kier molecular flexibility index (Phi) is 3.71. The quantitative estimate of drug-likeness (QED) is 0.669. The Labute approximate surface area is 116 Å². The molecule has 0 saturated carbocycles. The number of methoxy groups -OCH3 is 2. The van der Waals surface area contributed by atoms with E-state index in [4.69, 9.17) is 21.7 Å². The van der Waals surface area contributed by atoms with Gasteiger partial charge in [-0.25, -0.2) is 0 Å². The van der Waals surface area contributed by atoms with E-state index in [1.165, 1.54) is 4.90 Å². The van der Waals surface area contributed by atoms with Gasteiger partial charge in [0.1, 0.15) is 17.2 Å². The molecule has 0 bridgehead atoms. The second-order valence-corrected chi connectivity index (χ2v) is 4.35.